The second-order valence-corrected chi connectivity index (χ2v) is 7.16. The van der Waals surface area contributed by atoms with Gasteiger partial charge in [-0.2, -0.15) is 0 Å². The van der Waals surface area contributed by atoms with Crippen molar-refractivity contribution in [1.82, 2.24) is 19.9 Å². The second kappa shape index (κ2) is 8.01. The molecule has 1 aliphatic rings. The molecule has 2 aromatic heterocycles. The van der Waals surface area contributed by atoms with Crippen LogP contribution in [-0.4, -0.2) is 46.0 Å². The van der Waals surface area contributed by atoms with Crippen LogP contribution in [0.25, 0.3) is 10.9 Å². The molecule has 1 aliphatic heterocycles. The normalized spacial score (nSPS) is 16.6. The Hall–Kier alpha value is -2.53. The van der Waals surface area contributed by atoms with E-state index in [1.807, 2.05) is 24.7 Å². The average Bonchev–Trinajstić information content (AvgIpc) is 2.74. The number of benzene rings is 1. The Morgan fingerprint density at radius 2 is 1.81 bits per heavy atom. The lowest BCUT2D eigenvalue weighted by Gasteiger charge is -2.38. The maximum atomic E-state index is 4.55. The fourth-order valence-electron chi connectivity index (χ4n) is 3.72. The quantitative estimate of drug-likeness (QED) is 0.695. The molecule has 1 fully saturated rings. The largest absolute Gasteiger partial charge is 0.338 e. The van der Waals surface area contributed by atoms with Crippen LogP contribution in [0.15, 0.2) is 48.9 Å². The van der Waals surface area contributed by atoms with Gasteiger partial charge in [0.2, 0.25) is 5.95 Å². The molecule has 139 valence electrons. The highest BCUT2D eigenvalue weighted by Gasteiger charge is 2.23. The fourth-order valence-corrected chi connectivity index (χ4v) is 3.72. The zero-order valence-corrected chi connectivity index (χ0v) is 16.0. The smallest absolute Gasteiger partial charge is 0.225 e. The molecule has 1 aromatic carbocycles. The number of hydrogen-bond donors (Lipinski definition) is 0. The lowest BCUT2D eigenvalue weighted by molar-refractivity contribution is 0.198. The summed E-state index contributed by atoms with van der Waals surface area (Å²) in [7, 11) is 0. The van der Waals surface area contributed by atoms with Gasteiger partial charge in [0.1, 0.15) is 0 Å². The second-order valence-electron chi connectivity index (χ2n) is 7.16. The van der Waals surface area contributed by atoms with Crippen LogP contribution in [-0.2, 0) is 6.42 Å². The highest BCUT2D eigenvalue weighted by molar-refractivity contribution is 5.78. The zero-order valence-electron chi connectivity index (χ0n) is 16.0. The van der Waals surface area contributed by atoms with E-state index < -0.39 is 0 Å². The third-order valence-corrected chi connectivity index (χ3v) is 5.39. The Bertz CT molecular complexity index is 885. The molecule has 1 atom stereocenters. The predicted molar refractivity (Wildman–Crippen MR) is 110 cm³/mol. The van der Waals surface area contributed by atoms with Crippen molar-refractivity contribution >= 4 is 16.9 Å². The van der Waals surface area contributed by atoms with Crippen LogP contribution in [0.3, 0.4) is 0 Å². The van der Waals surface area contributed by atoms with Crippen molar-refractivity contribution in [3.8, 4) is 0 Å². The van der Waals surface area contributed by atoms with Crippen molar-refractivity contribution in [3.05, 3.63) is 66.5 Å². The zero-order chi connectivity index (χ0) is 18.6. The van der Waals surface area contributed by atoms with Gasteiger partial charge in [0.05, 0.1) is 5.52 Å². The summed E-state index contributed by atoms with van der Waals surface area (Å²) in [6, 6.07) is 11.1. The van der Waals surface area contributed by atoms with Crippen LogP contribution in [0, 0.1) is 6.42 Å². The lowest BCUT2D eigenvalue weighted by Crippen LogP contribution is -2.47. The molecule has 0 amide bonds. The van der Waals surface area contributed by atoms with Gasteiger partial charge in [-0.25, -0.2) is 9.97 Å². The maximum Gasteiger partial charge on any atom is 0.225 e. The molecule has 27 heavy (non-hydrogen) atoms. The van der Waals surface area contributed by atoms with Crippen molar-refractivity contribution < 1.29 is 0 Å². The van der Waals surface area contributed by atoms with Crippen molar-refractivity contribution in [2.24, 2.45) is 0 Å². The van der Waals surface area contributed by atoms with E-state index in [9.17, 15) is 0 Å². The molecular formula is C22H26N5. The summed E-state index contributed by atoms with van der Waals surface area (Å²) in [4.78, 5) is 18.4. The van der Waals surface area contributed by atoms with E-state index in [2.05, 4.69) is 69.3 Å². The fraction of sp³-hybridized carbons (Fsp3) is 0.364. The summed E-state index contributed by atoms with van der Waals surface area (Å²) in [5.41, 5.74) is 3.56. The summed E-state index contributed by atoms with van der Waals surface area (Å²) in [5.74, 6) is 0.845. The third-order valence-electron chi connectivity index (χ3n) is 5.39. The van der Waals surface area contributed by atoms with Gasteiger partial charge >= 0.3 is 0 Å². The molecule has 3 aromatic rings. The highest BCUT2D eigenvalue weighted by atomic mass is 15.3. The van der Waals surface area contributed by atoms with Gasteiger partial charge in [-0.1, -0.05) is 25.1 Å². The van der Waals surface area contributed by atoms with E-state index in [-0.39, 0.29) is 0 Å². The van der Waals surface area contributed by atoms with E-state index in [4.69, 9.17) is 0 Å². The van der Waals surface area contributed by atoms with E-state index in [1.165, 1.54) is 16.5 Å². The van der Waals surface area contributed by atoms with Gasteiger partial charge in [-0.15, -0.1) is 0 Å². The van der Waals surface area contributed by atoms with Gasteiger partial charge in [-0.3, -0.25) is 9.88 Å². The predicted octanol–water partition coefficient (Wildman–Crippen LogP) is 3.67. The average molecular weight is 360 g/mol. The monoisotopic (exact) mass is 360 g/mol. The number of aromatic nitrogens is 3. The third kappa shape index (κ3) is 3.93. The van der Waals surface area contributed by atoms with Crippen LogP contribution < -0.4 is 4.90 Å². The van der Waals surface area contributed by atoms with Crippen molar-refractivity contribution in [3.63, 3.8) is 0 Å². The molecule has 0 aliphatic carbocycles. The van der Waals surface area contributed by atoms with Gasteiger partial charge in [0, 0.05) is 56.2 Å². The van der Waals surface area contributed by atoms with Crippen LogP contribution in [0.5, 0.6) is 0 Å². The number of pyridine rings is 1. The Morgan fingerprint density at radius 1 is 1.04 bits per heavy atom. The van der Waals surface area contributed by atoms with E-state index in [0.29, 0.717) is 6.04 Å². The van der Waals surface area contributed by atoms with E-state index in [1.54, 1.807) is 0 Å². The topological polar surface area (TPSA) is 45.2 Å². The van der Waals surface area contributed by atoms with Crippen LogP contribution >= 0.6 is 0 Å². The first-order valence-corrected chi connectivity index (χ1v) is 9.67. The lowest BCUT2D eigenvalue weighted by atomic mass is 10.0. The number of piperazine rings is 1. The summed E-state index contributed by atoms with van der Waals surface area (Å²) in [6.07, 6.45) is 8.80. The van der Waals surface area contributed by atoms with Gasteiger partial charge in [0.25, 0.3) is 0 Å². The van der Waals surface area contributed by atoms with Crippen molar-refractivity contribution in [2.45, 2.75) is 26.3 Å². The molecule has 1 saturated heterocycles. The molecule has 0 spiro atoms. The summed E-state index contributed by atoms with van der Waals surface area (Å²) in [6.45, 7) is 8.27. The van der Waals surface area contributed by atoms with Crippen LogP contribution in [0.1, 0.15) is 31.0 Å². The van der Waals surface area contributed by atoms with Crippen molar-refractivity contribution in [1.29, 1.82) is 0 Å². The number of fused-ring (bicyclic) bond motifs is 1. The number of hydrogen-bond acceptors (Lipinski definition) is 5. The number of rotatable bonds is 5. The van der Waals surface area contributed by atoms with Gasteiger partial charge < -0.3 is 4.90 Å². The maximum absolute atomic E-state index is 4.55. The van der Waals surface area contributed by atoms with E-state index >= 15 is 0 Å². The van der Waals surface area contributed by atoms with Crippen LogP contribution in [0.4, 0.5) is 5.95 Å². The minimum Gasteiger partial charge on any atom is -0.338 e. The van der Waals surface area contributed by atoms with Gasteiger partial charge in [0.15, 0.2) is 0 Å². The minimum atomic E-state index is 0.377. The molecule has 5 heteroatoms. The molecular weight excluding hydrogens is 334 g/mol. The Balaban J connectivity index is 1.40. The first-order valence-electron chi connectivity index (χ1n) is 9.67. The molecule has 3 heterocycles. The van der Waals surface area contributed by atoms with Crippen molar-refractivity contribution in [2.75, 3.05) is 31.1 Å². The van der Waals surface area contributed by atoms with E-state index in [0.717, 1.165) is 44.1 Å². The summed E-state index contributed by atoms with van der Waals surface area (Å²) >= 11 is 0. The Labute approximate surface area is 161 Å². The Kier molecular flexibility index (Phi) is 5.30. The molecule has 0 bridgehead atoms. The number of nitrogens with zero attached hydrogens (tertiary/aromatic N) is 5. The van der Waals surface area contributed by atoms with Gasteiger partial charge in [-0.05, 0) is 43.0 Å². The van der Waals surface area contributed by atoms with Crippen LogP contribution in [0.2, 0.25) is 0 Å². The number of anilines is 1. The SMILES string of the molecule is C[CH]Cc1cnc(N2CCN(C(C)c3ccc4cccnc4c3)CC2)nc1. The first-order chi connectivity index (χ1) is 13.2. The first kappa shape index (κ1) is 17.9. The minimum absolute atomic E-state index is 0.377. The molecule has 0 saturated carbocycles. The summed E-state index contributed by atoms with van der Waals surface area (Å²) < 4.78 is 0. The molecule has 0 N–H and O–H groups in total. The summed E-state index contributed by atoms with van der Waals surface area (Å²) in [5, 5.41) is 1.19. The molecule has 5 nitrogen and oxygen atoms in total. The molecule has 1 unspecified atom stereocenters. The Morgan fingerprint density at radius 3 is 2.56 bits per heavy atom. The molecule has 4 rings (SSSR count). The molecule has 1 radical (unpaired) electrons. The highest BCUT2D eigenvalue weighted by Crippen LogP contribution is 2.25. The standard InChI is InChI=1S/C22H26N5/c1-3-5-18-15-24-22(25-16-18)27-12-10-26(11-13-27)17(2)20-8-7-19-6-4-9-23-21(19)14-20/h3-4,6-9,14-17H,5,10-13H2,1-2H3.